The van der Waals surface area contributed by atoms with Gasteiger partial charge in [0.2, 0.25) is 0 Å². The van der Waals surface area contributed by atoms with E-state index in [1.54, 1.807) is 11.1 Å². The smallest absolute Gasteiger partial charge is 0.0783 e. The number of hydrogen-bond acceptors (Lipinski definition) is 1. The van der Waals surface area contributed by atoms with Crippen molar-refractivity contribution >= 4 is 21.7 Å². The van der Waals surface area contributed by atoms with E-state index in [1.165, 1.54) is 59.3 Å². The lowest BCUT2D eigenvalue weighted by atomic mass is 9.67. The van der Waals surface area contributed by atoms with Crippen molar-refractivity contribution in [3.8, 4) is 0 Å². The maximum Gasteiger partial charge on any atom is 0.0783 e. The van der Waals surface area contributed by atoms with Crippen molar-refractivity contribution in [1.29, 1.82) is 0 Å². The van der Waals surface area contributed by atoms with Gasteiger partial charge in [-0.05, 0) is 90.2 Å². The van der Waals surface area contributed by atoms with Crippen molar-refractivity contribution < 1.29 is 0 Å². The number of pyridine rings is 1. The van der Waals surface area contributed by atoms with Crippen molar-refractivity contribution in [3.05, 3.63) is 53.2 Å². The number of benzene rings is 2. The molecule has 4 aliphatic carbocycles. The standard InChI is InChI=1S/C26H29N/c1-15(2)8-18-4-3-5-22-21(18)6-7-23-25-20-12-16-9-17(13-20)11-19(10-16)24(25)14-27-26(22)23/h3-7,14-17,19-20H,8-13H2,1-2H3. The first-order chi connectivity index (χ1) is 13.2. The molecular weight excluding hydrogens is 326 g/mol. The van der Waals surface area contributed by atoms with Crippen LogP contribution in [0.3, 0.4) is 0 Å². The largest absolute Gasteiger partial charge is 0.255 e. The maximum absolute atomic E-state index is 5.08. The molecule has 2 aromatic carbocycles. The number of hydrogen-bond donors (Lipinski definition) is 0. The van der Waals surface area contributed by atoms with Gasteiger partial charge >= 0.3 is 0 Å². The lowest BCUT2D eigenvalue weighted by molar-refractivity contribution is 0.166. The van der Waals surface area contributed by atoms with E-state index < -0.39 is 0 Å². The third-order valence-corrected chi connectivity index (χ3v) is 7.67. The maximum atomic E-state index is 5.08. The molecule has 0 aliphatic heterocycles. The van der Waals surface area contributed by atoms with Gasteiger partial charge in [-0.3, -0.25) is 4.98 Å². The average Bonchev–Trinajstić information content (AvgIpc) is 2.82. The van der Waals surface area contributed by atoms with Crippen LogP contribution in [0.1, 0.15) is 74.5 Å². The fourth-order valence-corrected chi connectivity index (χ4v) is 6.86. The van der Waals surface area contributed by atoms with Crippen LogP contribution in [0.25, 0.3) is 21.7 Å². The summed E-state index contributed by atoms with van der Waals surface area (Å²) in [5.74, 6) is 4.16. The van der Waals surface area contributed by atoms with Crippen molar-refractivity contribution in [2.45, 2.75) is 64.2 Å². The van der Waals surface area contributed by atoms with Crippen LogP contribution < -0.4 is 0 Å². The lowest BCUT2D eigenvalue weighted by Gasteiger charge is -2.38. The van der Waals surface area contributed by atoms with Gasteiger partial charge in [0.05, 0.1) is 5.52 Å². The third kappa shape index (κ3) is 2.40. The molecule has 4 aliphatic rings. The fourth-order valence-electron chi connectivity index (χ4n) is 6.86. The Morgan fingerprint density at radius 3 is 2.37 bits per heavy atom. The molecule has 2 fully saturated rings. The highest BCUT2D eigenvalue weighted by Crippen LogP contribution is 2.57. The zero-order valence-corrected chi connectivity index (χ0v) is 16.5. The average molecular weight is 356 g/mol. The third-order valence-electron chi connectivity index (χ3n) is 7.67. The highest BCUT2D eigenvalue weighted by atomic mass is 14.7. The zero-order chi connectivity index (χ0) is 18.1. The van der Waals surface area contributed by atoms with Crippen LogP contribution >= 0.6 is 0 Å². The Morgan fingerprint density at radius 2 is 1.59 bits per heavy atom. The predicted molar refractivity (Wildman–Crippen MR) is 113 cm³/mol. The van der Waals surface area contributed by atoms with Crippen LogP contribution in [0.4, 0.5) is 0 Å². The summed E-state index contributed by atoms with van der Waals surface area (Å²) >= 11 is 0. The van der Waals surface area contributed by atoms with E-state index >= 15 is 0 Å². The molecule has 4 bridgehead atoms. The molecule has 0 radical (unpaired) electrons. The molecule has 2 unspecified atom stereocenters. The quantitative estimate of drug-likeness (QED) is 0.452. The summed E-state index contributed by atoms with van der Waals surface area (Å²) in [6.45, 7) is 4.62. The summed E-state index contributed by atoms with van der Waals surface area (Å²) in [4.78, 5) is 5.08. The van der Waals surface area contributed by atoms with Crippen LogP contribution in [-0.2, 0) is 6.42 Å². The molecule has 3 aromatic rings. The van der Waals surface area contributed by atoms with E-state index in [9.17, 15) is 0 Å². The monoisotopic (exact) mass is 355 g/mol. The summed E-state index contributed by atoms with van der Waals surface area (Å²) in [7, 11) is 0. The van der Waals surface area contributed by atoms with E-state index in [0.717, 1.165) is 30.1 Å². The Balaban J connectivity index is 1.61. The topological polar surface area (TPSA) is 12.9 Å². The summed E-state index contributed by atoms with van der Waals surface area (Å²) in [5.41, 5.74) is 6.01. The first-order valence-corrected chi connectivity index (χ1v) is 11.0. The van der Waals surface area contributed by atoms with Gasteiger partial charge in [0.25, 0.3) is 0 Å². The molecule has 27 heavy (non-hydrogen) atoms. The van der Waals surface area contributed by atoms with Crippen molar-refractivity contribution in [2.24, 2.45) is 17.8 Å². The highest BCUT2D eigenvalue weighted by Gasteiger charge is 2.42. The Kier molecular flexibility index (Phi) is 3.46. The summed E-state index contributed by atoms with van der Waals surface area (Å²) in [6.07, 6.45) is 10.6. The van der Waals surface area contributed by atoms with E-state index in [1.807, 2.05) is 0 Å². The summed E-state index contributed by atoms with van der Waals surface area (Å²) in [5, 5.41) is 4.22. The molecule has 2 saturated carbocycles. The minimum atomic E-state index is 0.678. The molecule has 0 N–H and O–H groups in total. The SMILES string of the molecule is CC(C)Cc1cccc2c1ccc1c3c(cnc12)C1CC2CC(C1)CC3C2. The molecule has 1 heteroatoms. The second kappa shape index (κ2) is 5.80. The van der Waals surface area contributed by atoms with E-state index in [2.05, 4.69) is 50.4 Å². The van der Waals surface area contributed by atoms with E-state index in [-0.39, 0.29) is 0 Å². The van der Waals surface area contributed by atoms with Gasteiger partial charge < -0.3 is 0 Å². The van der Waals surface area contributed by atoms with Crippen molar-refractivity contribution in [3.63, 3.8) is 0 Å². The second-order valence-corrected chi connectivity index (χ2v) is 10.0. The van der Waals surface area contributed by atoms with E-state index in [4.69, 9.17) is 4.98 Å². The van der Waals surface area contributed by atoms with Crippen LogP contribution in [0.2, 0.25) is 0 Å². The van der Waals surface area contributed by atoms with Crippen molar-refractivity contribution in [2.75, 3.05) is 0 Å². The molecule has 0 amide bonds. The van der Waals surface area contributed by atoms with Gasteiger partial charge in [0.1, 0.15) is 0 Å². The predicted octanol–water partition coefficient (Wildman–Crippen LogP) is 6.98. The van der Waals surface area contributed by atoms with E-state index in [0.29, 0.717) is 5.92 Å². The Morgan fingerprint density at radius 1 is 0.852 bits per heavy atom. The molecule has 0 spiro atoms. The molecule has 138 valence electrons. The molecule has 1 nitrogen and oxygen atoms in total. The van der Waals surface area contributed by atoms with Gasteiger partial charge in [-0.15, -0.1) is 0 Å². The Hall–Kier alpha value is -1.89. The van der Waals surface area contributed by atoms with Crippen LogP contribution in [0.5, 0.6) is 0 Å². The van der Waals surface area contributed by atoms with Gasteiger partial charge in [0, 0.05) is 17.0 Å². The Labute approximate surface area is 162 Å². The molecule has 7 rings (SSSR count). The molecule has 1 heterocycles. The molecule has 0 saturated heterocycles. The number of aromatic nitrogens is 1. The van der Waals surface area contributed by atoms with Gasteiger partial charge in [-0.25, -0.2) is 0 Å². The summed E-state index contributed by atoms with van der Waals surface area (Å²) < 4.78 is 0. The molecular formula is C26H29N. The lowest BCUT2D eigenvalue weighted by Crippen LogP contribution is -2.25. The first-order valence-electron chi connectivity index (χ1n) is 11.0. The van der Waals surface area contributed by atoms with Crippen molar-refractivity contribution in [1.82, 2.24) is 4.98 Å². The number of rotatable bonds is 2. The molecule has 2 atom stereocenters. The van der Waals surface area contributed by atoms with Crippen LogP contribution in [0.15, 0.2) is 36.5 Å². The minimum absolute atomic E-state index is 0.678. The van der Waals surface area contributed by atoms with Crippen LogP contribution in [-0.4, -0.2) is 4.98 Å². The van der Waals surface area contributed by atoms with Gasteiger partial charge in [-0.2, -0.15) is 0 Å². The van der Waals surface area contributed by atoms with Crippen LogP contribution in [0, 0.1) is 17.8 Å². The minimum Gasteiger partial charge on any atom is -0.255 e. The highest BCUT2D eigenvalue weighted by molar-refractivity contribution is 6.07. The summed E-state index contributed by atoms with van der Waals surface area (Å²) in [6, 6.07) is 11.6. The fraction of sp³-hybridized carbons (Fsp3) is 0.500. The first kappa shape index (κ1) is 16.1. The second-order valence-electron chi connectivity index (χ2n) is 10.0. The number of fused-ring (bicyclic) bond motifs is 3. The van der Waals surface area contributed by atoms with Gasteiger partial charge in [0.15, 0.2) is 0 Å². The number of nitrogens with zero attached hydrogens (tertiary/aromatic N) is 1. The normalized spacial score (nSPS) is 28.9. The molecule has 1 aromatic heterocycles. The zero-order valence-electron chi connectivity index (χ0n) is 16.5. The van der Waals surface area contributed by atoms with Gasteiger partial charge in [-0.1, -0.05) is 44.2 Å². The Bertz CT molecular complexity index is 1030.